The van der Waals surface area contributed by atoms with Crippen LogP contribution in [0, 0.1) is 0 Å². The van der Waals surface area contributed by atoms with Crippen molar-refractivity contribution in [2.45, 2.75) is 18.6 Å². The van der Waals surface area contributed by atoms with Gasteiger partial charge in [-0.15, -0.1) is 24.0 Å². The average molecular weight is 386 g/mol. The number of guanidine groups is 1. The van der Waals surface area contributed by atoms with Crippen molar-refractivity contribution >= 4 is 47.6 Å². The van der Waals surface area contributed by atoms with Crippen LogP contribution in [-0.2, 0) is 4.79 Å². The van der Waals surface area contributed by atoms with Gasteiger partial charge in [0.15, 0.2) is 5.96 Å². The van der Waals surface area contributed by atoms with Gasteiger partial charge in [-0.3, -0.25) is 9.79 Å². The summed E-state index contributed by atoms with van der Waals surface area (Å²) in [5.74, 6) is 1.93. The highest BCUT2D eigenvalue weighted by molar-refractivity contribution is 14.0. The zero-order chi connectivity index (χ0) is 12.7. The highest BCUT2D eigenvalue weighted by atomic mass is 127. The van der Waals surface area contributed by atoms with Crippen molar-refractivity contribution in [2.75, 3.05) is 39.5 Å². The monoisotopic (exact) mass is 386 g/mol. The number of halogens is 1. The van der Waals surface area contributed by atoms with Crippen molar-refractivity contribution in [3.05, 3.63) is 0 Å². The molecular weight excluding hydrogens is 363 g/mol. The summed E-state index contributed by atoms with van der Waals surface area (Å²) in [4.78, 5) is 17.6. The molecule has 1 atom stereocenters. The summed E-state index contributed by atoms with van der Waals surface area (Å²) in [5.41, 5.74) is 0. The maximum atomic E-state index is 11.2. The minimum Gasteiger partial charge on any atom is -0.358 e. The molecule has 0 spiro atoms. The molecule has 1 aliphatic heterocycles. The summed E-state index contributed by atoms with van der Waals surface area (Å²) in [6.07, 6.45) is 1.17. The molecule has 1 heterocycles. The number of hydrogen-bond acceptors (Lipinski definition) is 3. The number of thioether (sulfide) groups is 1. The van der Waals surface area contributed by atoms with Gasteiger partial charge in [-0.25, -0.2) is 0 Å². The highest BCUT2D eigenvalue weighted by Crippen LogP contribution is 2.20. The molecular formula is C11H23IN4OS. The normalized spacial score (nSPS) is 20.1. The van der Waals surface area contributed by atoms with Crippen LogP contribution in [0.5, 0.6) is 0 Å². The molecule has 1 rings (SSSR count). The van der Waals surface area contributed by atoms with Crippen molar-refractivity contribution in [1.82, 2.24) is 15.5 Å². The molecule has 0 aromatic rings. The third-order valence-corrected chi connectivity index (χ3v) is 4.16. The van der Waals surface area contributed by atoms with E-state index in [4.69, 9.17) is 0 Å². The molecule has 0 aromatic heterocycles. The van der Waals surface area contributed by atoms with Gasteiger partial charge in [-0.1, -0.05) is 6.92 Å². The molecule has 0 radical (unpaired) electrons. The smallest absolute Gasteiger partial charge is 0.239 e. The second-order valence-corrected chi connectivity index (χ2v) is 5.33. The number of rotatable bonds is 3. The van der Waals surface area contributed by atoms with Crippen LogP contribution in [0.3, 0.4) is 0 Å². The predicted molar refractivity (Wildman–Crippen MR) is 89.0 cm³/mol. The van der Waals surface area contributed by atoms with Crippen LogP contribution in [0.4, 0.5) is 0 Å². The van der Waals surface area contributed by atoms with Crippen LogP contribution in [0.2, 0.25) is 0 Å². The Morgan fingerprint density at radius 3 is 2.83 bits per heavy atom. The van der Waals surface area contributed by atoms with Gasteiger partial charge in [0.1, 0.15) is 0 Å². The maximum Gasteiger partial charge on any atom is 0.239 e. The first-order chi connectivity index (χ1) is 8.21. The number of likely N-dealkylation sites (N-methyl/N-ethyl adjacent to an activating group) is 1. The van der Waals surface area contributed by atoms with E-state index in [2.05, 4.69) is 27.4 Å². The van der Waals surface area contributed by atoms with Crippen LogP contribution in [-0.4, -0.2) is 61.5 Å². The SMILES string of the molecule is CCC1CN(C(=NC)NCC(=O)NC)CCS1.I. The van der Waals surface area contributed by atoms with Gasteiger partial charge in [0.2, 0.25) is 5.91 Å². The number of amides is 1. The summed E-state index contributed by atoms with van der Waals surface area (Å²) >= 11 is 2.02. The van der Waals surface area contributed by atoms with Gasteiger partial charge >= 0.3 is 0 Å². The highest BCUT2D eigenvalue weighted by Gasteiger charge is 2.21. The first kappa shape index (κ1) is 17.8. The van der Waals surface area contributed by atoms with E-state index in [9.17, 15) is 4.79 Å². The Morgan fingerprint density at radius 2 is 2.28 bits per heavy atom. The topological polar surface area (TPSA) is 56.7 Å². The van der Waals surface area contributed by atoms with E-state index in [0.29, 0.717) is 5.25 Å². The Balaban J connectivity index is 0.00000289. The maximum absolute atomic E-state index is 11.2. The molecule has 5 nitrogen and oxygen atoms in total. The Labute approximate surface area is 131 Å². The first-order valence-electron chi connectivity index (χ1n) is 5.99. The van der Waals surface area contributed by atoms with Gasteiger partial charge in [0.05, 0.1) is 6.54 Å². The molecule has 1 aliphatic rings. The van der Waals surface area contributed by atoms with Gasteiger partial charge < -0.3 is 15.5 Å². The molecule has 1 saturated heterocycles. The summed E-state index contributed by atoms with van der Waals surface area (Å²) in [6.45, 7) is 4.49. The number of carbonyl (C=O) groups excluding carboxylic acids is 1. The minimum atomic E-state index is -0.0235. The zero-order valence-electron chi connectivity index (χ0n) is 11.2. The number of hydrogen-bond donors (Lipinski definition) is 2. The van der Waals surface area contributed by atoms with Gasteiger partial charge in [-0.2, -0.15) is 11.8 Å². The van der Waals surface area contributed by atoms with Crippen molar-refractivity contribution in [3.63, 3.8) is 0 Å². The van der Waals surface area contributed by atoms with E-state index in [1.165, 1.54) is 6.42 Å². The first-order valence-corrected chi connectivity index (χ1v) is 7.03. The van der Waals surface area contributed by atoms with E-state index in [-0.39, 0.29) is 36.4 Å². The largest absolute Gasteiger partial charge is 0.358 e. The van der Waals surface area contributed by atoms with Gasteiger partial charge in [-0.05, 0) is 6.42 Å². The predicted octanol–water partition coefficient (Wildman–Crippen LogP) is 0.753. The van der Waals surface area contributed by atoms with Crippen molar-refractivity contribution in [2.24, 2.45) is 4.99 Å². The summed E-state index contributed by atoms with van der Waals surface area (Å²) in [5, 5.41) is 6.35. The molecule has 1 amide bonds. The summed E-state index contributed by atoms with van der Waals surface area (Å²) < 4.78 is 0. The average Bonchev–Trinajstić information content (AvgIpc) is 2.39. The number of nitrogens with zero attached hydrogens (tertiary/aromatic N) is 2. The Kier molecular flexibility index (Phi) is 9.61. The second-order valence-electron chi connectivity index (χ2n) is 3.92. The standard InChI is InChI=1S/C11H22N4OS.HI/c1-4-9-8-15(5-6-17-9)11(13-3)14-7-10(16)12-2;/h9H,4-8H2,1-3H3,(H,12,16)(H,13,14);1H. The number of nitrogens with one attached hydrogen (secondary N) is 2. The quantitative estimate of drug-likeness (QED) is 0.427. The Hall–Kier alpha value is -0.180. The van der Waals surface area contributed by atoms with Crippen molar-refractivity contribution in [1.29, 1.82) is 0 Å². The lowest BCUT2D eigenvalue weighted by Gasteiger charge is -2.34. The van der Waals surface area contributed by atoms with Crippen LogP contribution >= 0.6 is 35.7 Å². The molecule has 7 heteroatoms. The fourth-order valence-corrected chi connectivity index (χ4v) is 2.92. The molecule has 1 fully saturated rings. The molecule has 2 N–H and O–H groups in total. The molecule has 0 saturated carbocycles. The Morgan fingerprint density at radius 1 is 1.56 bits per heavy atom. The number of carbonyl (C=O) groups is 1. The molecule has 1 unspecified atom stereocenters. The molecule has 106 valence electrons. The molecule has 0 aromatic carbocycles. The van der Waals surface area contributed by atoms with Crippen LogP contribution in [0.25, 0.3) is 0 Å². The van der Waals surface area contributed by atoms with Crippen LogP contribution in [0.1, 0.15) is 13.3 Å². The minimum absolute atomic E-state index is 0. The summed E-state index contributed by atoms with van der Waals surface area (Å²) in [7, 11) is 3.40. The lowest BCUT2D eigenvalue weighted by molar-refractivity contribution is -0.119. The van der Waals surface area contributed by atoms with E-state index in [1.54, 1.807) is 14.1 Å². The molecule has 18 heavy (non-hydrogen) atoms. The lowest BCUT2D eigenvalue weighted by Crippen LogP contribution is -2.49. The lowest BCUT2D eigenvalue weighted by atomic mass is 10.3. The Bertz CT molecular complexity index is 288. The number of aliphatic imine (C=N–C) groups is 1. The zero-order valence-corrected chi connectivity index (χ0v) is 14.4. The van der Waals surface area contributed by atoms with E-state index in [0.717, 1.165) is 24.8 Å². The molecule has 0 bridgehead atoms. The third kappa shape index (κ3) is 5.64. The van der Waals surface area contributed by atoms with Crippen molar-refractivity contribution < 1.29 is 4.79 Å². The van der Waals surface area contributed by atoms with E-state index < -0.39 is 0 Å². The fourth-order valence-electron chi connectivity index (χ4n) is 1.74. The van der Waals surface area contributed by atoms with Crippen LogP contribution < -0.4 is 10.6 Å². The van der Waals surface area contributed by atoms with Gasteiger partial charge in [0.25, 0.3) is 0 Å². The van der Waals surface area contributed by atoms with Crippen LogP contribution in [0.15, 0.2) is 4.99 Å². The van der Waals surface area contributed by atoms with E-state index >= 15 is 0 Å². The molecule has 0 aliphatic carbocycles. The second kappa shape index (κ2) is 9.71. The third-order valence-electron chi connectivity index (χ3n) is 2.79. The summed E-state index contributed by atoms with van der Waals surface area (Å²) in [6, 6.07) is 0. The van der Waals surface area contributed by atoms with Crippen molar-refractivity contribution in [3.8, 4) is 0 Å². The fraction of sp³-hybridized carbons (Fsp3) is 0.818. The van der Waals surface area contributed by atoms with Gasteiger partial charge in [0, 0.05) is 38.2 Å². The van der Waals surface area contributed by atoms with E-state index in [1.807, 2.05) is 11.8 Å².